The molecular weight excluding hydrogens is 203 g/mol. The Morgan fingerprint density at radius 3 is 2.73 bits per heavy atom. The van der Waals surface area contributed by atoms with Crippen molar-refractivity contribution in [2.75, 3.05) is 0 Å². The fraction of sp³-hybridized carbons (Fsp3) is 0.111. The van der Waals surface area contributed by atoms with Crippen molar-refractivity contribution < 1.29 is 19.0 Å². The number of amidine groups is 1. The van der Waals surface area contributed by atoms with E-state index in [1.54, 1.807) is 0 Å². The van der Waals surface area contributed by atoms with Gasteiger partial charge in [0.05, 0.1) is 0 Å². The average Bonchev–Trinajstić information content (AvgIpc) is 2.43. The van der Waals surface area contributed by atoms with Crippen molar-refractivity contribution in [1.82, 2.24) is 0 Å². The van der Waals surface area contributed by atoms with Crippen molar-refractivity contribution in [3.63, 3.8) is 0 Å². The average molecular weight is 210 g/mol. The highest BCUT2D eigenvalue weighted by atomic mass is 19.1. The minimum Gasteiger partial charge on any atom is -0.508 e. The van der Waals surface area contributed by atoms with Gasteiger partial charge in [-0.15, -0.1) is 0 Å². The van der Waals surface area contributed by atoms with Gasteiger partial charge < -0.3 is 15.6 Å². The van der Waals surface area contributed by atoms with E-state index >= 15 is 0 Å². The molecule has 2 rings (SSSR count). The molecule has 1 aliphatic rings. The third kappa shape index (κ3) is 1.74. The fourth-order valence-corrected chi connectivity index (χ4v) is 1.32. The van der Waals surface area contributed by atoms with Crippen molar-refractivity contribution in [3.8, 4) is 5.75 Å². The van der Waals surface area contributed by atoms with E-state index in [9.17, 15) is 9.18 Å². The Balaban J connectivity index is 2.35. The number of hydrogen-bond acceptors (Lipinski definition) is 4. The van der Waals surface area contributed by atoms with Gasteiger partial charge in [0.15, 0.2) is 0 Å². The van der Waals surface area contributed by atoms with Crippen LogP contribution in [-0.2, 0) is 9.53 Å². The molecule has 1 atom stereocenters. The number of amides is 1. The summed E-state index contributed by atoms with van der Waals surface area (Å²) in [5, 5.41) is 9.13. The van der Waals surface area contributed by atoms with Crippen LogP contribution in [0.25, 0.3) is 0 Å². The molecule has 0 aromatic heterocycles. The number of ether oxygens (including phenoxy) is 1. The van der Waals surface area contributed by atoms with Gasteiger partial charge >= 0.3 is 0 Å². The second-order valence-corrected chi connectivity index (χ2v) is 3.03. The van der Waals surface area contributed by atoms with Crippen LogP contribution in [0.1, 0.15) is 11.7 Å². The first-order chi connectivity index (χ1) is 7.06. The summed E-state index contributed by atoms with van der Waals surface area (Å²) in [6, 6.07) is 2.97. The van der Waals surface area contributed by atoms with E-state index in [0.717, 1.165) is 12.1 Å². The Morgan fingerprint density at radius 2 is 2.20 bits per heavy atom. The number of phenolic OH excluding ortho intramolecular Hbond substituents is 1. The molecule has 15 heavy (non-hydrogen) atoms. The normalized spacial score (nSPS) is 19.9. The first kappa shape index (κ1) is 9.45. The molecule has 0 fully saturated rings. The predicted octanol–water partition coefficient (Wildman–Crippen LogP) is 0.444. The van der Waals surface area contributed by atoms with Crippen LogP contribution >= 0.6 is 0 Å². The second kappa shape index (κ2) is 3.23. The monoisotopic (exact) mass is 210 g/mol. The van der Waals surface area contributed by atoms with Crippen molar-refractivity contribution in [3.05, 3.63) is 29.6 Å². The Kier molecular flexibility index (Phi) is 2.03. The van der Waals surface area contributed by atoms with Crippen molar-refractivity contribution in [2.45, 2.75) is 6.10 Å². The molecule has 0 bridgehead atoms. The summed E-state index contributed by atoms with van der Waals surface area (Å²) in [7, 11) is 0. The Morgan fingerprint density at radius 1 is 1.47 bits per heavy atom. The lowest BCUT2D eigenvalue weighted by atomic mass is 10.1. The van der Waals surface area contributed by atoms with Gasteiger partial charge in [-0.05, 0) is 12.1 Å². The third-order valence-electron chi connectivity index (χ3n) is 1.89. The number of rotatable bonds is 1. The number of carbonyl (C=O) groups is 1. The Labute approximate surface area is 84.0 Å². The molecule has 1 aromatic carbocycles. The number of nitrogens with two attached hydrogens (primary N) is 1. The van der Waals surface area contributed by atoms with Crippen LogP contribution in [0.4, 0.5) is 4.39 Å². The number of benzene rings is 1. The molecule has 1 amide bonds. The molecule has 1 aliphatic heterocycles. The second-order valence-electron chi connectivity index (χ2n) is 3.03. The maximum Gasteiger partial charge on any atom is 0.296 e. The molecule has 1 aromatic rings. The highest BCUT2D eigenvalue weighted by Gasteiger charge is 2.29. The lowest BCUT2D eigenvalue weighted by Gasteiger charge is -2.08. The van der Waals surface area contributed by atoms with Gasteiger partial charge in [0.2, 0.25) is 6.10 Å². The summed E-state index contributed by atoms with van der Waals surface area (Å²) in [5.41, 5.74) is 5.36. The number of carbonyl (C=O) groups excluding carboxylic acids is 1. The van der Waals surface area contributed by atoms with E-state index in [2.05, 4.69) is 4.99 Å². The van der Waals surface area contributed by atoms with Crippen molar-refractivity contribution in [2.24, 2.45) is 10.7 Å². The fourth-order valence-electron chi connectivity index (χ4n) is 1.32. The molecule has 0 spiro atoms. The van der Waals surface area contributed by atoms with E-state index < -0.39 is 17.8 Å². The van der Waals surface area contributed by atoms with E-state index in [0.29, 0.717) is 0 Å². The van der Waals surface area contributed by atoms with Crippen LogP contribution < -0.4 is 5.73 Å². The number of nitrogens with zero attached hydrogens (tertiary/aromatic N) is 1. The number of aromatic hydroxyl groups is 1. The molecule has 3 N–H and O–H groups in total. The van der Waals surface area contributed by atoms with Gasteiger partial charge in [-0.1, -0.05) is 0 Å². The number of hydrogen-bond donors (Lipinski definition) is 2. The molecule has 0 radical (unpaired) electrons. The maximum absolute atomic E-state index is 12.9. The summed E-state index contributed by atoms with van der Waals surface area (Å²) in [6.45, 7) is 0. The van der Waals surface area contributed by atoms with Crippen LogP contribution in [0.5, 0.6) is 5.75 Å². The van der Waals surface area contributed by atoms with E-state index in [-0.39, 0.29) is 17.3 Å². The molecular formula is C9H7FN2O3. The van der Waals surface area contributed by atoms with Crippen LogP contribution in [-0.4, -0.2) is 17.0 Å². The lowest BCUT2D eigenvalue weighted by Crippen LogP contribution is -2.14. The standard InChI is InChI=1S/C9H7FN2O3/c10-5-1-4(2-6(13)3-5)7-8(14)12-9(11)15-7/h1-3,7,13H,(H2,11,12,14). The molecule has 6 heteroatoms. The smallest absolute Gasteiger partial charge is 0.296 e. The quantitative estimate of drug-likeness (QED) is 0.704. The summed E-state index contributed by atoms with van der Waals surface area (Å²) < 4.78 is 17.8. The zero-order valence-corrected chi connectivity index (χ0v) is 7.48. The maximum atomic E-state index is 12.9. The van der Waals surface area contributed by atoms with Crippen molar-refractivity contribution >= 4 is 11.9 Å². The topological polar surface area (TPSA) is 84.9 Å². The molecule has 5 nitrogen and oxygen atoms in total. The number of halogens is 1. The van der Waals surface area contributed by atoms with Crippen LogP contribution in [0.3, 0.4) is 0 Å². The zero-order valence-electron chi connectivity index (χ0n) is 7.48. The minimum atomic E-state index is -1.06. The van der Waals surface area contributed by atoms with Gasteiger partial charge in [-0.3, -0.25) is 4.79 Å². The molecule has 78 valence electrons. The minimum absolute atomic E-state index is 0.182. The van der Waals surface area contributed by atoms with Crippen LogP contribution in [0.15, 0.2) is 23.2 Å². The summed E-state index contributed by atoms with van der Waals surface area (Å²) in [5.74, 6) is -1.56. The van der Waals surface area contributed by atoms with Gasteiger partial charge in [-0.2, -0.15) is 4.99 Å². The van der Waals surface area contributed by atoms with E-state index in [4.69, 9.17) is 15.6 Å². The Hall–Kier alpha value is -2.11. The van der Waals surface area contributed by atoms with Gasteiger partial charge in [0.1, 0.15) is 11.6 Å². The highest BCUT2D eigenvalue weighted by molar-refractivity contribution is 5.98. The number of phenols is 1. The van der Waals surface area contributed by atoms with E-state index in [1.165, 1.54) is 6.07 Å². The molecule has 0 saturated carbocycles. The van der Waals surface area contributed by atoms with Gasteiger partial charge in [-0.25, -0.2) is 4.39 Å². The van der Waals surface area contributed by atoms with Gasteiger partial charge in [0.25, 0.3) is 11.9 Å². The molecule has 1 unspecified atom stereocenters. The lowest BCUT2D eigenvalue weighted by molar-refractivity contribution is -0.122. The highest BCUT2D eigenvalue weighted by Crippen LogP contribution is 2.26. The summed E-state index contributed by atoms with van der Waals surface area (Å²) in [4.78, 5) is 14.5. The van der Waals surface area contributed by atoms with Crippen LogP contribution in [0, 0.1) is 5.82 Å². The predicted molar refractivity (Wildman–Crippen MR) is 48.5 cm³/mol. The van der Waals surface area contributed by atoms with Crippen molar-refractivity contribution in [1.29, 1.82) is 0 Å². The van der Waals surface area contributed by atoms with E-state index in [1.807, 2.05) is 0 Å². The first-order valence-corrected chi connectivity index (χ1v) is 4.10. The zero-order chi connectivity index (χ0) is 11.0. The summed E-state index contributed by atoms with van der Waals surface area (Å²) >= 11 is 0. The summed E-state index contributed by atoms with van der Waals surface area (Å²) in [6.07, 6.45) is -1.06. The molecule has 1 heterocycles. The molecule has 0 aliphatic carbocycles. The third-order valence-corrected chi connectivity index (χ3v) is 1.89. The SMILES string of the molecule is NC1=NC(=O)C(c2cc(O)cc(F)c2)O1. The first-order valence-electron chi connectivity index (χ1n) is 4.10. The molecule has 0 saturated heterocycles. The van der Waals surface area contributed by atoms with Gasteiger partial charge in [0, 0.05) is 11.6 Å². The number of aliphatic imine (C=N–C) groups is 1. The Bertz CT molecular complexity index is 438. The van der Waals surface area contributed by atoms with Crippen LogP contribution in [0.2, 0.25) is 0 Å². The largest absolute Gasteiger partial charge is 0.508 e.